The van der Waals surface area contributed by atoms with E-state index in [0.29, 0.717) is 22.8 Å². The minimum Gasteiger partial charge on any atom is -0.496 e. The highest BCUT2D eigenvalue weighted by molar-refractivity contribution is 6.03. The molecular formula is C17H26N2O4. The molecule has 1 atom stereocenters. The number of ether oxygens (including phenoxy) is 3. The van der Waals surface area contributed by atoms with E-state index in [4.69, 9.17) is 14.2 Å². The Labute approximate surface area is 137 Å². The zero-order valence-corrected chi connectivity index (χ0v) is 14.3. The number of hydrogen-bond donors (Lipinski definition) is 1. The molecule has 1 saturated heterocycles. The molecule has 0 saturated carbocycles. The van der Waals surface area contributed by atoms with Gasteiger partial charge in [0.1, 0.15) is 22.8 Å². The molecule has 0 radical (unpaired) electrons. The summed E-state index contributed by atoms with van der Waals surface area (Å²) in [5.41, 5.74) is 0.485. The lowest BCUT2D eigenvalue weighted by atomic mass is 9.96. The molecule has 0 bridgehead atoms. The summed E-state index contributed by atoms with van der Waals surface area (Å²) < 4.78 is 16.0. The van der Waals surface area contributed by atoms with Gasteiger partial charge in [-0.1, -0.05) is 6.92 Å². The summed E-state index contributed by atoms with van der Waals surface area (Å²) in [6.45, 7) is 6.56. The summed E-state index contributed by atoms with van der Waals surface area (Å²) in [5, 5.41) is 3.32. The molecule has 128 valence electrons. The second-order valence-electron chi connectivity index (χ2n) is 5.72. The van der Waals surface area contributed by atoms with Gasteiger partial charge >= 0.3 is 0 Å². The lowest BCUT2D eigenvalue weighted by Crippen LogP contribution is -2.45. The summed E-state index contributed by atoms with van der Waals surface area (Å²) in [6, 6.07) is 3.43. The van der Waals surface area contributed by atoms with Crippen molar-refractivity contribution in [2.45, 2.75) is 6.92 Å². The fraction of sp³-hybridized carbons (Fsp3) is 0.588. The zero-order chi connectivity index (χ0) is 16.8. The van der Waals surface area contributed by atoms with Crippen LogP contribution < -0.4 is 19.5 Å². The Kier molecular flexibility index (Phi) is 6.24. The van der Waals surface area contributed by atoms with Gasteiger partial charge < -0.3 is 24.4 Å². The molecule has 1 aromatic carbocycles. The number of methoxy groups -OCH3 is 3. The standard InChI is InChI=1S/C17H26N2O4/c1-12(11-19-7-5-18-6-8-19)17(20)16-14(22-3)9-13(21-2)10-15(16)23-4/h9-10,12,18H,5-8,11H2,1-4H3. The van der Waals surface area contributed by atoms with Crippen molar-refractivity contribution in [3.8, 4) is 17.2 Å². The minimum atomic E-state index is -0.135. The van der Waals surface area contributed by atoms with Gasteiger partial charge in [0, 0.05) is 50.8 Å². The van der Waals surface area contributed by atoms with E-state index in [9.17, 15) is 4.79 Å². The molecule has 23 heavy (non-hydrogen) atoms. The molecule has 6 heteroatoms. The average molecular weight is 322 g/mol. The van der Waals surface area contributed by atoms with E-state index in [1.165, 1.54) is 0 Å². The van der Waals surface area contributed by atoms with Gasteiger partial charge in [-0.2, -0.15) is 0 Å². The van der Waals surface area contributed by atoms with E-state index in [1.807, 2.05) is 6.92 Å². The molecule has 1 aromatic rings. The first-order chi connectivity index (χ1) is 11.1. The Morgan fingerprint density at radius 2 is 1.70 bits per heavy atom. The number of rotatable bonds is 7. The van der Waals surface area contributed by atoms with Crippen LogP contribution in [0.15, 0.2) is 12.1 Å². The Hall–Kier alpha value is -1.79. The molecule has 0 spiro atoms. The maximum atomic E-state index is 12.9. The molecule has 1 fully saturated rings. The van der Waals surface area contributed by atoms with E-state index in [1.54, 1.807) is 33.5 Å². The van der Waals surface area contributed by atoms with Crippen LogP contribution in [0.3, 0.4) is 0 Å². The van der Waals surface area contributed by atoms with Crippen LogP contribution in [-0.4, -0.2) is 64.7 Å². The molecule has 1 aliphatic rings. The fourth-order valence-corrected chi connectivity index (χ4v) is 2.86. The Bertz CT molecular complexity index is 516. The first kappa shape index (κ1) is 17.6. The number of carbonyl (C=O) groups excluding carboxylic acids is 1. The van der Waals surface area contributed by atoms with Crippen molar-refractivity contribution in [2.24, 2.45) is 5.92 Å². The number of hydrogen-bond acceptors (Lipinski definition) is 6. The van der Waals surface area contributed by atoms with Crippen molar-refractivity contribution < 1.29 is 19.0 Å². The third-order valence-electron chi connectivity index (χ3n) is 4.15. The number of piperazine rings is 1. The summed E-state index contributed by atoms with van der Waals surface area (Å²) in [4.78, 5) is 15.2. The molecule has 0 aliphatic carbocycles. The van der Waals surface area contributed by atoms with Crippen molar-refractivity contribution in [3.63, 3.8) is 0 Å². The highest BCUT2D eigenvalue weighted by atomic mass is 16.5. The van der Waals surface area contributed by atoms with E-state index < -0.39 is 0 Å². The smallest absolute Gasteiger partial charge is 0.174 e. The normalized spacial score (nSPS) is 16.7. The van der Waals surface area contributed by atoms with Crippen molar-refractivity contribution in [2.75, 3.05) is 54.1 Å². The maximum absolute atomic E-state index is 12.9. The van der Waals surface area contributed by atoms with Crippen LogP contribution in [0.1, 0.15) is 17.3 Å². The molecule has 6 nitrogen and oxygen atoms in total. The van der Waals surface area contributed by atoms with E-state index in [0.717, 1.165) is 32.7 Å². The van der Waals surface area contributed by atoms with Crippen LogP contribution in [0.4, 0.5) is 0 Å². The number of nitrogens with one attached hydrogen (secondary N) is 1. The van der Waals surface area contributed by atoms with Crippen LogP contribution in [0.2, 0.25) is 0 Å². The Morgan fingerprint density at radius 3 is 2.17 bits per heavy atom. The van der Waals surface area contributed by atoms with Gasteiger partial charge in [0.25, 0.3) is 0 Å². The van der Waals surface area contributed by atoms with Crippen LogP contribution in [0.5, 0.6) is 17.2 Å². The third-order valence-corrected chi connectivity index (χ3v) is 4.15. The van der Waals surface area contributed by atoms with E-state index >= 15 is 0 Å². The summed E-state index contributed by atoms with van der Waals surface area (Å²) >= 11 is 0. The van der Waals surface area contributed by atoms with Crippen molar-refractivity contribution in [1.29, 1.82) is 0 Å². The van der Waals surface area contributed by atoms with Gasteiger partial charge in [-0.3, -0.25) is 4.79 Å². The summed E-state index contributed by atoms with van der Waals surface area (Å²) in [7, 11) is 4.67. The van der Waals surface area contributed by atoms with Gasteiger partial charge in [0.2, 0.25) is 0 Å². The number of Topliss-reactive ketones (excluding diaryl/α,β-unsaturated/α-hetero) is 1. The first-order valence-corrected chi connectivity index (χ1v) is 7.88. The predicted molar refractivity (Wildman–Crippen MR) is 88.9 cm³/mol. The predicted octanol–water partition coefficient (Wildman–Crippen LogP) is 1.44. The van der Waals surface area contributed by atoms with E-state index in [2.05, 4.69) is 10.2 Å². The SMILES string of the molecule is COc1cc(OC)c(C(=O)C(C)CN2CCNCC2)c(OC)c1. The van der Waals surface area contributed by atoms with E-state index in [-0.39, 0.29) is 11.7 Å². The lowest BCUT2D eigenvalue weighted by molar-refractivity contribution is 0.0881. The lowest BCUT2D eigenvalue weighted by Gasteiger charge is -2.29. The average Bonchev–Trinajstić information content (AvgIpc) is 2.60. The summed E-state index contributed by atoms with van der Waals surface area (Å²) in [5.74, 6) is 1.46. The quantitative estimate of drug-likeness (QED) is 0.767. The molecule has 0 amide bonds. The molecule has 1 heterocycles. The number of nitrogens with zero attached hydrogens (tertiary/aromatic N) is 1. The van der Waals surface area contributed by atoms with Gasteiger partial charge in [-0.05, 0) is 0 Å². The molecule has 2 rings (SSSR count). The van der Waals surface area contributed by atoms with Gasteiger partial charge in [0.15, 0.2) is 5.78 Å². The minimum absolute atomic E-state index is 0.0277. The largest absolute Gasteiger partial charge is 0.496 e. The summed E-state index contributed by atoms with van der Waals surface area (Å²) in [6.07, 6.45) is 0. The topological polar surface area (TPSA) is 60.0 Å². The molecule has 1 unspecified atom stereocenters. The fourth-order valence-electron chi connectivity index (χ4n) is 2.86. The first-order valence-electron chi connectivity index (χ1n) is 7.88. The van der Waals surface area contributed by atoms with Crippen LogP contribution in [-0.2, 0) is 0 Å². The van der Waals surface area contributed by atoms with Crippen molar-refractivity contribution in [1.82, 2.24) is 10.2 Å². The molecule has 1 aliphatic heterocycles. The van der Waals surface area contributed by atoms with Gasteiger partial charge in [-0.15, -0.1) is 0 Å². The third kappa shape index (κ3) is 4.14. The number of ketones is 1. The second kappa shape index (κ2) is 8.17. The molecule has 0 aromatic heterocycles. The van der Waals surface area contributed by atoms with Gasteiger partial charge in [0.05, 0.1) is 21.3 Å². The molecule has 1 N–H and O–H groups in total. The number of carbonyl (C=O) groups is 1. The zero-order valence-electron chi connectivity index (χ0n) is 14.3. The van der Waals surface area contributed by atoms with Gasteiger partial charge in [-0.25, -0.2) is 0 Å². The molecular weight excluding hydrogens is 296 g/mol. The monoisotopic (exact) mass is 322 g/mol. The second-order valence-corrected chi connectivity index (χ2v) is 5.72. The number of benzene rings is 1. The highest BCUT2D eigenvalue weighted by Gasteiger charge is 2.26. The van der Waals surface area contributed by atoms with Crippen molar-refractivity contribution in [3.05, 3.63) is 17.7 Å². The van der Waals surface area contributed by atoms with Crippen LogP contribution in [0.25, 0.3) is 0 Å². The highest BCUT2D eigenvalue weighted by Crippen LogP contribution is 2.35. The Morgan fingerprint density at radius 1 is 1.13 bits per heavy atom. The maximum Gasteiger partial charge on any atom is 0.174 e. The Balaban J connectivity index is 2.22. The van der Waals surface area contributed by atoms with Crippen LogP contribution >= 0.6 is 0 Å². The van der Waals surface area contributed by atoms with Crippen molar-refractivity contribution >= 4 is 5.78 Å². The van der Waals surface area contributed by atoms with Crippen LogP contribution in [0, 0.1) is 5.92 Å².